The highest BCUT2D eigenvalue weighted by Crippen LogP contribution is 2.49. The quantitative estimate of drug-likeness (QED) is 0.0950. The number of allylic oxidation sites excluding steroid dienone is 12. The van der Waals surface area contributed by atoms with E-state index in [-0.39, 0.29) is 12.0 Å². The van der Waals surface area contributed by atoms with Gasteiger partial charge < -0.3 is 14.4 Å². The molecule has 1 aliphatic heterocycles. The fraction of sp³-hybridized carbons (Fsp3) is 0.0606. The molecule has 0 amide bonds. The van der Waals surface area contributed by atoms with Crippen LogP contribution >= 0.6 is 0 Å². The second-order valence-electron chi connectivity index (χ2n) is 17.2. The van der Waals surface area contributed by atoms with E-state index in [0.29, 0.717) is 0 Å². The van der Waals surface area contributed by atoms with E-state index < -0.39 is 0 Å². The minimum absolute atomic E-state index is 0.143. The third-order valence-electron chi connectivity index (χ3n) is 13.0. The second kappa shape index (κ2) is 20.9. The average Bonchev–Trinajstić information content (AvgIpc) is 3.84. The molecule has 1 aromatic heterocycles. The van der Waals surface area contributed by atoms with Crippen molar-refractivity contribution in [2.75, 3.05) is 9.80 Å². The number of hydrogen-bond donors (Lipinski definition) is 0. The zero-order chi connectivity index (χ0) is 47.7. The largest absolute Gasteiger partial charge is 0.333 e. The number of benzene rings is 6. The van der Waals surface area contributed by atoms with Crippen molar-refractivity contribution in [3.8, 4) is 22.3 Å². The van der Waals surface area contributed by atoms with Crippen molar-refractivity contribution in [1.29, 1.82) is 0 Å². The highest BCUT2D eigenvalue weighted by molar-refractivity contribution is 5.82. The van der Waals surface area contributed by atoms with E-state index in [1.807, 2.05) is 43.4 Å². The normalized spacial score (nSPS) is 15.9. The molecule has 3 nitrogen and oxygen atoms in total. The van der Waals surface area contributed by atoms with E-state index in [0.717, 1.165) is 61.3 Å². The summed E-state index contributed by atoms with van der Waals surface area (Å²) in [5, 5.41) is 2.03. The molecule has 9 rings (SSSR count). The van der Waals surface area contributed by atoms with Gasteiger partial charge in [0.15, 0.2) is 0 Å². The highest BCUT2D eigenvalue weighted by Gasteiger charge is 2.38. The number of rotatable bonds is 15. The zero-order valence-electron chi connectivity index (χ0n) is 39.5. The standard InChI is InChI=1S/C66H57N3/c1-7-11-12-14-22-50-28-37-57(38-29-50)68(58-39-30-53(31-40-58)52-23-15-13-16-24-52)59-41-32-54(33-42-59)55-34-43-60(44-35-55)69-65-27-18-17-26-62(65)63-47-56(36-45-66(63)69)51(10-4)25-19-46-67-49(6)61(20-8-2)48(5)64(67)21-9-3/h7-47,63,66H,1-2,4,6H2,3,5H3/b12-11-,21-9-,22-14+,46-19+,51-25+,61-20-. The van der Waals surface area contributed by atoms with Crippen molar-refractivity contribution in [1.82, 2.24) is 4.57 Å². The van der Waals surface area contributed by atoms with Crippen molar-refractivity contribution in [2.45, 2.75) is 25.8 Å². The minimum Gasteiger partial charge on any atom is -0.333 e. The Labute approximate surface area is 408 Å². The van der Waals surface area contributed by atoms with Crippen LogP contribution in [0.3, 0.4) is 0 Å². The molecule has 2 aliphatic rings. The van der Waals surface area contributed by atoms with Gasteiger partial charge in [0.2, 0.25) is 0 Å². The van der Waals surface area contributed by atoms with Crippen molar-refractivity contribution in [3.05, 3.63) is 288 Å². The van der Waals surface area contributed by atoms with E-state index in [9.17, 15) is 0 Å². The Morgan fingerprint density at radius 1 is 0.623 bits per heavy atom. The Balaban J connectivity index is 0.963. The van der Waals surface area contributed by atoms with Crippen molar-refractivity contribution < 1.29 is 0 Å². The lowest BCUT2D eigenvalue weighted by molar-refractivity contribution is 0.740. The molecule has 2 heterocycles. The number of para-hydroxylation sites is 1. The van der Waals surface area contributed by atoms with Crippen LogP contribution in [0.4, 0.5) is 28.4 Å². The average molecular weight is 892 g/mol. The van der Waals surface area contributed by atoms with Crippen LogP contribution in [0.25, 0.3) is 53.3 Å². The first-order valence-electron chi connectivity index (χ1n) is 23.6. The van der Waals surface area contributed by atoms with Gasteiger partial charge >= 0.3 is 0 Å². The highest BCUT2D eigenvalue weighted by atomic mass is 15.2. The number of fused-ring (bicyclic) bond motifs is 3. The molecule has 0 saturated carbocycles. The van der Waals surface area contributed by atoms with Crippen LogP contribution in [0, 0.1) is 6.92 Å². The molecule has 0 N–H and O–H groups in total. The monoisotopic (exact) mass is 891 g/mol. The molecule has 0 fully saturated rings. The molecule has 0 bridgehead atoms. The van der Waals surface area contributed by atoms with Gasteiger partial charge in [0.1, 0.15) is 0 Å². The van der Waals surface area contributed by atoms with Crippen LogP contribution in [0.1, 0.15) is 35.2 Å². The van der Waals surface area contributed by atoms with E-state index in [1.165, 1.54) is 33.5 Å². The molecule has 0 radical (unpaired) electrons. The maximum atomic E-state index is 4.39. The molecule has 2 unspecified atom stereocenters. The molecule has 7 aromatic rings. The lowest BCUT2D eigenvalue weighted by atomic mass is 9.86. The molecule has 6 aromatic carbocycles. The number of nitrogens with zero attached hydrogens (tertiary/aromatic N) is 3. The molecule has 0 spiro atoms. The van der Waals surface area contributed by atoms with Gasteiger partial charge in [-0.25, -0.2) is 0 Å². The smallest absolute Gasteiger partial charge is 0.0630 e. The number of aromatic nitrogens is 1. The van der Waals surface area contributed by atoms with E-state index in [2.05, 4.69) is 254 Å². The van der Waals surface area contributed by atoms with E-state index >= 15 is 0 Å². The summed E-state index contributed by atoms with van der Waals surface area (Å²) in [6.07, 6.45) is 33.1. The summed E-state index contributed by atoms with van der Waals surface area (Å²) in [4.78, 5) is 4.80. The summed E-state index contributed by atoms with van der Waals surface area (Å²) in [7, 11) is 0. The van der Waals surface area contributed by atoms with E-state index in [4.69, 9.17) is 0 Å². The summed E-state index contributed by atoms with van der Waals surface area (Å²) in [5.41, 5.74) is 17.3. The van der Waals surface area contributed by atoms with Crippen LogP contribution in [-0.4, -0.2) is 10.6 Å². The second-order valence-corrected chi connectivity index (χ2v) is 17.2. The van der Waals surface area contributed by atoms with E-state index in [1.54, 1.807) is 6.08 Å². The van der Waals surface area contributed by atoms with Gasteiger partial charge in [-0.2, -0.15) is 0 Å². The third-order valence-corrected chi connectivity index (χ3v) is 13.0. The lowest BCUT2D eigenvalue weighted by Gasteiger charge is -2.30. The Morgan fingerprint density at radius 3 is 1.86 bits per heavy atom. The maximum Gasteiger partial charge on any atom is 0.0630 e. The summed E-state index contributed by atoms with van der Waals surface area (Å²) in [6, 6.07) is 54.9. The SMILES string of the molecule is C=C/C=C\C=C\c1ccc(N(c2ccc(-c3ccccc3)cc2)c2ccc(-c3ccc(N4c5ccccc5C5C=C(/C(C=C)=C/C=C/n6c(/C=C\C)c(C)/c(=C/C=C)c6=C)C=CC54)cc3)cc2)cc1. The predicted molar refractivity (Wildman–Crippen MR) is 300 cm³/mol. The molecular weight excluding hydrogens is 835 g/mol. The minimum atomic E-state index is 0.143. The lowest BCUT2D eigenvalue weighted by Crippen LogP contribution is -2.29. The fourth-order valence-corrected chi connectivity index (χ4v) is 9.58. The van der Waals surface area contributed by atoms with Crippen LogP contribution in [0.15, 0.2) is 255 Å². The van der Waals surface area contributed by atoms with Gasteiger partial charge in [0.05, 0.1) is 6.04 Å². The molecule has 69 heavy (non-hydrogen) atoms. The maximum absolute atomic E-state index is 4.39. The fourth-order valence-electron chi connectivity index (χ4n) is 9.58. The molecular formula is C66H57N3. The molecule has 3 heteroatoms. The Hall–Kier alpha value is -8.66. The molecule has 2 atom stereocenters. The van der Waals surface area contributed by atoms with Crippen molar-refractivity contribution in [3.63, 3.8) is 0 Å². The summed E-state index contributed by atoms with van der Waals surface area (Å²) in [5.74, 6) is 0.183. The molecule has 1 aliphatic carbocycles. The number of anilines is 5. The summed E-state index contributed by atoms with van der Waals surface area (Å²) in [6.45, 7) is 20.5. The first kappa shape index (κ1) is 45.5. The van der Waals surface area contributed by atoms with Gasteiger partial charge in [0, 0.05) is 56.8 Å². The Bertz CT molecular complexity index is 3330. The van der Waals surface area contributed by atoms with Gasteiger partial charge in [-0.05, 0) is 131 Å². The van der Waals surface area contributed by atoms with Crippen LogP contribution in [0.5, 0.6) is 0 Å². The predicted octanol–water partition coefficient (Wildman–Crippen LogP) is 16.1. The molecule has 336 valence electrons. The summed E-state index contributed by atoms with van der Waals surface area (Å²) >= 11 is 0. The topological polar surface area (TPSA) is 11.4 Å². The first-order valence-corrected chi connectivity index (χ1v) is 23.6. The van der Waals surface area contributed by atoms with Crippen LogP contribution in [0.2, 0.25) is 0 Å². The van der Waals surface area contributed by atoms with Crippen LogP contribution < -0.4 is 20.4 Å². The van der Waals surface area contributed by atoms with Crippen molar-refractivity contribution in [2.24, 2.45) is 0 Å². The third kappa shape index (κ3) is 9.50. The van der Waals surface area contributed by atoms with Crippen molar-refractivity contribution >= 4 is 59.4 Å². The zero-order valence-corrected chi connectivity index (χ0v) is 39.5. The van der Waals surface area contributed by atoms with Crippen LogP contribution in [-0.2, 0) is 0 Å². The first-order chi connectivity index (χ1) is 33.9. The number of hydrogen-bond acceptors (Lipinski definition) is 2. The van der Waals surface area contributed by atoms with Gasteiger partial charge in [0.25, 0.3) is 0 Å². The van der Waals surface area contributed by atoms with Gasteiger partial charge in [-0.3, -0.25) is 0 Å². The molecule has 0 saturated heterocycles. The van der Waals surface area contributed by atoms with Gasteiger partial charge in [-0.1, -0.05) is 202 Å². The summed E-state index contributed by atoms with van der Waals surface area (Å²) < 4.78 is 2.14. The van der Waals surface area contributed by atoms with Gasteiger partial charge in [-0.15, -0.1) is 0 Å². The Kier molecular flexibility index (Phi) is 13.8. The Morgan fingerprint density at radius 2 is 1.23 bits per heavy atom.